The molecule has 6 heteroatoms. The minimum absolute atomic E-state index is 0.157. The molecule has 0 bridgehead atoms. The number of carboxylic acids is 1. The fourth-order valence-corrected chi connectivity index (χ4v) is 1.84. The first-order valence-electron chi connectivity index (χ1n) is 6.40. The van der Waals surface area contributed by atoms with Gasteiger partial charge in [0.25, 0.3) is 0 Å². The molecule has 19 heavy (non-hydrogen) atoms. The molecule has 102 valence electrons. The van der Waals surface area contributed by atoms with Gasteiger partial charge in [0.15, 0.2) is 5.69 Å². The summed E-state index contributed by atoms with van der Waals surface area (Å²) in [6, 6.07) is 2.70. The van der Waals surface area contributed by atoms with Crippen LogP contribution in [0.5, 0.6) is 0 Å². The van der Waals surface area contributed by atoms with Gasteiger partial charge in [-0.05, 0) is 30.9 Å². The number of urea groups is 1. The van der Waals surface area contributed by atoms with Crippen LogP contribution in [-0.2, 0) is 0 Å². The van der Waals surface area contributed by atoms with Crippen molar-refractivity contribution in [2.45, 2.75) is 25.7 Å². The van der Waals surface area contributed by atoms with Crippen LogP contribution in [0.1, 0.15) is 36.2 Å². The van der Waals surface area contributed by atoms with Crippen LogP contribution in [-0.4, -0.2) is 28.6 Å². The van der Waals surface area contributed by atoms with Gasteiger partial charge in [0.1, 0.15) is 0 Å². The summed E-state index contributed by atoms with van der Waals surface area (Å²) in [7, 11) is 0. The van der Waals surface area contributed by atoms with E-state index in [2.05, 4.69) is 15.6 Å². The summed E-state index contributed by atoms with van der Waals surface area (Å²) in [4.78, 5) is 26.2. The van der Waals surface area contributed by atoms with Crippen LogP contribution in [0.25, 0.3) is 0 Å². The van der Waals surface area contributed by atoms with Crippen molar-refractivity contribution in [2.24, 2.45) is 5.92 Å². The van der Waals surface area contributed by atoms with Crippen molar-refractivity contribution in [1.29, 1.82) is 0 Å². The molecule has 1 aliphatic carbocycles. The highest BCUT2D eigenvalue weighted by atomic mass is 16.4. The zero-order valence-corrected chi connectivity index (χ0v) is 10.6. The van der Waals surface area contributed by atoms with E-state index in [-0.39, 0.29) is 11.4 Å². The summed E-state index contributed by atoms with van der Waals surface area (Å²) in [5, 5.41) is 14.1. The van der Waals surface area contributed by atoms with Crippen molar-refractivity contribution in [3.05, 3.63) is 24.0 Å². The van der Waals surface area contributed by atoms with Crippen LogP contribution < -0.4 is 10.6 Å². The fourth-order valence-electron chi connectivity index (χ4n) is 1.84. The number of carboxylic acid groups (broad SMARTS) is 1. The van der Waals surface area contributed by atoms with Gasteiger partial charge in [-0.2, -0.15) is 0 Å². The van der Waals surface area contributed by atoms with Gasteiger partial charge in [0.05, 0.1) is 5.69 Å². The normalized spacial score (nSPS) is 13.9. The number of pyridine rings is 1. The lowest BCUT2D eigenvalue weighted by Gasteiger charge is -2.08. The smallest absolute Gasteiger partial charge is 0.356 e. The molecule has 1 aliphatic rings. The number of anilines is 1. The summed E-state index contributed by atoms with van der Waals surface area (Å²) >= 11 is 0. The average molecular weight is 263 g/mol. The van der Waals surface area contributed by atoms with Gasteiger partial charge in [-0.1, -0.05) is 12.8 Å². The van der Waals surface area contributed by atoms with Gasteiger partial charge >= 0.3 is 12.0 Å². The molecular weight excluding hydrogens is 246 g/mol. The number of amides is 2. The highest BCUT2D eigenvalue weighted by Crippen LogP contribution is 2.33. The Kier molecular flexibility index (Phi) is 4.33. The van der Waals surface area contributed by atoms with Crippen LogP contribution in [0.2, 0.25) is 0 Å². The molecule has 2 amide bonds. The minimum Gasteiger partial charge on any atom is -0.476 e. The molecule has 1 aromatic heterocycles. The molecule has 1 aromatic rings. The molecule has 0 radical (unpaired) electrons. The van der Waals surface area contributed by atoms with Crippen LogP contribution in [0.15, 0.2) is 18.3 Å². The van der Waals surface area contributed by atoms with E-state index in [1.54, 1.807) is 6.07 Å². The Morgan fingerprint density at radius 1 is 1.42 bits per heavy atom. The monoisotopic (exact) mass is 263 g/mol. The number of hydrogen-bond acceptors (Lipinski definition) is 3. The first-order valence-corrected chi connectivity index (χ1v) is 6.40. The standard InChI is InChI=1S/C13H17N3O3/c17-12(18)11-10(4-2-7-14-11)16-13(19)15-8-1-3-9-5-6-9/h2,4,7,9H,1,3,5-6,8H2,(H,17,18)(H2,15,16,19). The SMILES string of the molecule is O=C(NCCCC1CC1)Nc1cccnc1C(=O)O. The van der Waals surface area contributed by atoms with Gasteiger partial charge in [0.2, 0.25) is 0 Å². The maximum Gasteiger partial charge on any atom is 0.356 e. The van der Waals surface area contributed by atoms with Gasteiger partial charge in [-0.15, -0.1) is 0 Å². The van der Waals surface area contributed by atoms with Gasteiger partial charge in [-0.25, -0.2) is 14.6 Å². The molecule has 3 N–H and O–H groups in total. The molecule has 0 atom stereocenters. The van der Waals surface area contributed by atoms with E-state index in [1.807, 2.05) is 0 Å². The van der Waals surface area contributed by atoms with E-state index < -0.39 is 12.0 Å². The van der Waals surface area contributed by atoms with Crippen LogP contribution in [0.4, 0.5) is 10.5 Å². The topological polar surface area (TPSA) is 91.3 Å². The number of aromatic nitrogens is 1. The molecule has 0 saturated heterocycles. The molecule has 0 aliphatic heterocycles. The van der Waals surface area contributed by atoms with Crippen LogP contribution in [0.3, 0.4) is 0 Å². The highest BCUT2D eigenvalue weighted by Gasteiger charge is 2.20. The summed E-state index contributed by atoms with van der Waals surface area (Å²) in [6.07, 6.45) is 6.10. The second kappa shape index (κ2) is 6.17. The van der Waals surface area contributed by atoms with Crippen molar-refractivity contribution < 1.29 is 14.7 Å². The third-order valence-corrected chi connectivity index (χ3v) is 3.03. The van der Waals surface area contributed by atoms with E-state index in [4.69, 9.17) is 5.11 Å². The number of carbonyl (C=O) groups excluding carboxylic acids is 1. The Hall–Kier alpha value is -2.11. The maximum atomic E-state index is 11.6. The van der Waals surface area contributed by atoms with E-state index in [0.717, 1.165) is 18.8 Å². The van der Waals surface area contributed by atoms with E-state index in [9.17, 15) is 9.59 Å². The Bertz CT molecular complexity index is 472. The molecule has 0 unspecified atom stereocenters. The van der Waals surface area contributed by atoms with Crippen molar-refractivity contribution in [2.75, 3.05) is 11.9 Å². The van der Waals surface area contributed by atoms with Gasteiger partial charge in [-0.3, -0.25) is 0 Å². The minimum atomic E-state index is -1.16. The number of nitrogens with one attached hydrogen (secondary N) is 2. The summed E-state index contributed by atoms with van der Waals surface area (Å²) in [6.45, 7) is 0.602. The maximum absolute atomic E-state index is 11.6. The molecule has 0 aromatic carbocycles. The Morgan fingerprint density at radius 3 is 2.89 bits per heavy atom. The molecule has 1 fully saturated rings. The lowest BCUT2D eigenvalue weighted by molar-refractivity contribution is 0.0692. The average Bonchev–Trinajstić information content (AvgIpc) is 3.19. The van der Waals surface area contributed by atoms with Gasteiger partial charge < -0.3 is 15.7 Å². The van der Waals surface area contributed by atoms with E-state index in [0.29, 0.717) is 6.54 Å². The number of nitrogens with zero attached hydrogens (tertiary/aromatic N) is 1. The number of rotatable bonds is 6. The third-order valence-electron chi connectivity index (χ3n) is 3.03. The quantitative estimate of drug-likeness (QED) is 0.685. The summed E-state index contributed by atoms with van der Waals surface area (Å²) < 4.78 is 0. The molecule has 6 nitrogen and oxygen atoms in total. The van der Waals surface area contributed by atoms with Crippen molar-refractivity contribution in [3.8, 4) is 0 Å². The molecule has 1 saturated carbocycles. The van der Waals surface area contributed by atoms with Crippen molar-refractivity contribution in [1.82, 2.24) is 10.3 Å². The molecular formula is C13H17N3O3. The van der Waals surface area contributed by atoms with Crippen LogP contribution >= 0.6 is 0 Å². The zero-order chi connectivity index (χ0) is 13.7. The van der Waals surface area contributed by atoms with Crippen LogP contribution in [0, 0.1) is 5.92 Å². The van der Waals surface area contributed by atoms with E-state index >= 15 is 0 Å². The lowest BCUT2D eigenvalue weighted by atomic mass is 10.2. The fraction of sp³-hybridized carbons (Fsp3) is 0.462. The molecule has 0 spiro atoms. The highest BCUT2D eigenvalue weighted by molar-refractivity contribution is 5.98. The van der Waals surface area contributed by atoms with Gasteiger partial charge in [0, 0.05) is 12.7 Å². The predicted molar refractivity (Wildman–Crippen MR) is 70.2 cm³/mol. The number of aromatic carboxylic acids is 1. The second-order valence-electron chi connectivity index (χ2n) is 4.67. The first-order chi connectivity index (χ1) is 9.16. The summed E-state index contributed by atoms with van der Waals surface area (Å²) in [5.74, 6) is -0.313. The van der Waals surface area contributed by atoms with Crippen molar-refractivity contribution >= 4 is 17.7 Å². The second-order valence-corrected chi connectivity index (χ2v) is 4.67. The number of hydrogen-bond donors (Lipinski definition) is 3. The summed E-state index contributed by atoms with van der Waals surface area (Å²) in [5.41, 5.74) is 0.0466. The Labute approximate surface area is 111 Å². The van der Waals surface area contributed by atoms with Crippen molar-refractivity contribution in [3.63, 3.8) is 0 Å². The zero-order valence-electron chi connectivity index (χ0n) is 10.6. The molecule has 1 heterocycles. The third kappa shape index (κ3) is 4.24. The first kappa shape index (κ1) is 13.3. The lowest BCUT2D eigenvalue weighted by Crippen LogP contribution is -2.30. The van der Waals surface area contributed by atoms with E-state index in [1.165, 1.54) is 25.1 Å². The predicted octanol–water partition coefficient (Wildman–Crippen LogP) is 2.09. The largest absolute Gasteiger partial charge is 0.476 e. The molecule has 2 rings (SSSR count). The number of carbonyl (C=O) groups is 2. The Balaban J connectivity index is 1.78. The Morgan fingerprint density at radius 2 is 2.21 bits per heavy atom.